The summed E-state index contributed by atoms with van der Waals surface area (Å²) in [5.74, 6) is 0. The molecule has 0 aromatic carbocycles. The van der Waals surface area contributed by atoms with E-state index < -0.39 is 0 Å². The van der Waals surface area contributed by atoms with E-state index in [2.05, 4.69) is 25.8 Å². The molecule has 0 aliphatic rings. The van der Waals surface area contributed by atoms with E-state index in [1.54, 1.807) is 12.3 Å². The molecule has 0 amide bonds. The van der Waals surface area contributed by atoms with E-state index in [-0.39, 0.29) is 5.56 Å². The standard InChI is InChI=1S/C13H21NO/c1-13(2,3)8-5-4-6-11-7-9-14-12(15)10-11/h7,9-10H,4-6,8H2,1-3H3,(H,14,15). The van der Waals surface area contributed by atoms with Crippen molar-refractivity contribution >= 4 is 0 Å². The fourth-order valence-electron chi connectivity index (χ4n) is 1.63. The topological polar surface area (TPSA) is 32.9 Å². The Bertz CT molecular complexity index is 346. The Hall–Kier alpha value is -1.05. The molecule has 0 bridgehead atoms. The van der Waals surface area contributed by atoms with Crippen LogP contribution in [0.2, 0.25) is 0 Å². The highest BCUT2D eigenvalue weighted by Gasteiger charge is 2.08. The fourth-order valence-corrected chi connectivity index (χ4v) is 1.63. The van der Waals surface area contributed by atoms with Crippen LogP contribution in [0.15, 0.2) is 23.1 Å². The average molecular weight is 207 g/mol. The Morgan fingerprint density at radius 2 is 2.00 bits per heavy atom. The number of rotatable bonds is 4. The second kappa shape index (κ2) is 5.15. The lowest BCUT2D eigenvalue weighted by atomic mass is 9.89. The Labute approximate surface area is 91.7 Å². The average Bonchev–Trinajstić information content (AvgIpc) is 2.11. The van der Waals surface area contributed by atoms with Crippen molar-refractivity contribution in [3.05, 3.63) is 34.2 Å². The number of aryl methyl sites for hydroxylation is 1. The lowest BCUT2D eigenvalue weighted by molar-refractivity contribution is 0.360. The largest absolute Gasteiger partial charge is 0.329 e. The SMILES string of the molecule is CC(C)(C)CCCCc1cc[nH]c(=O)c1. The minimum absolute atomic E-state index is 0.00308. The Balaban J connectivity index is 2.29. The van der Waals surface area contributed by atoms with Crippen LogP contribution >= 0.6 is 0 Å². The molecule has 1 aromatic rings. The van der Waals surface area contributed by atoms with Crippen LogP contribution < -0.4 is 5.56 Å². The minimum Gasteiger partial charge on any atom is -0.329 e. The first-order valence-electron chi connectivity index (χ1n) is 5.65. The number of hydrogen-bond acceptors (Lipinski definition) is 1. The molecular formula is C13H21NO. The number of hydrogen-bond donors (Lipinski definition) is 1. The number of unbranched alkanes of at least 4 members (excludes halogenated alkanes) is 1. The van der Waals surface area contributed by atoms with Crippen LogP contribution in [0.3, 0.4) is 0 Å². The maximum absolute atomic E-state index is 11.0. The van der Waals surface area contributed by atoms with E-state index >= 15 is 0 Å². The molecular weight excluding hydrogens is 186 g/mol. The zero-order valence-electron chi connectivity index (χ0n) is 9.97. The minimum atomic E-state index is 0.00308. The van der Waals surface area contributed by atoms with Crippen molar-refractivity contribution in [2.75, 3.05) is 0 Å². The van der Waals surface area contributed by atoms with E-state index in [1.807, 2.05) is 6.07 Å². The van der Waals surface area contributed by atoms with E-state index in [0.29, 0.717) is 5.41 Å². The lowest BCUT2D eigenvalue weighted by Gasteiger charge is -2.17. The van der Waals surface area contributed by atoms with Crippen molar-refractivity contribution in [3.63, 3.8) is 0 Å². The zero-order chi connectivity index (χ0) is 11.3. The van der Waals surface area contributed by atoms with Crippen molar-refractivity contribution in [2.45, 2.75) is 46.5 Å². The summed E-state index contributed by atoms with van der Waals surface area (Å²) in [6.45, 7) is 6.79. The highest BCUT2D eigenvalue weighted by atomic mass is 16.1. The molecule has 1 rings (SSSR count). The number of H-pyrrole nitrogens is 1. The van der Waals surface area contributed by atoms with Gasteiger partial charge in [0.05, 0.1) is 0 Å². The summed E-state index contributed by atoms with van der Waals surface area (Å²) in [4.78, 5) is 13.7. The molecule has 0 spiro atoms. The van der Waals surface area contributed by atoms with Crippen LogP contribution in [-0.4, -0.2) is 4.98 Å². The smallest absolute Gasteiger partial charge is 0.248 e. The third-order valence-corrected chi connectivity index (χ3v) is 2.48. The first-order chi connectivity index (χ1) is 6.97. The van der Waals surface area contributed by atoms with Gasteiger partial charge >= 0.3 is 0 Å². The summed E-state index contributed by atoms with van der Waals surface area (Å²) >= 11 is 0. The monoisotopic (exact) mass is 207 g/mol. The van der Waals surface area contributed by atoms with Gasteiger partial charge in [-0.15, -0.1) is 0 Å². The maximum atomic E-state index is 11.0. The van der Waals surface area contributed by atoms with Gasteiger partial charge in [-0.25, -0.2) is 0 Å². The molecule has 1 aromatic heterocycles. The molecule has 0 radical (unpaired) electrons. The summed E-state index contributed by atoms with van der Waals surface area (Å²) in [5, 5.41) is 0. The van der Waals surface area contributed by atoms with Gasteiger partial charge in [-0.1, -0.05) is 27.2 Å². The van der Waals surface area contributed by atoms with Gasteiger partial charge in [0.2, 0.25) is 5.56 Å². The van der Waals surface area contributed by atoms with Crippen LogP contribution in [-0.2, 0) is 6.42 Å². The molecule has 0 saturated heterocycles. The van der Waals surface area contributed by atoms with Gasteiger partial charge in [0, 0.05) is 12.3 Å². The van der Waals surface area contributed by atoms with Crippen LogP contribution in [0.1, 0.15) is 45.6 Å². The molecule has 0 unspecified atom stereocenters. The summed E-state index contributed by atoms with van der Waals surface area (Å²) < 4.78 is 0. The molecule has 2 heteroatoms. The van der Waals surface area contributed by atoms with E-state index in [9.17, 15) is 4.79 Å². The van der Waals surface area contributed by atoms with Crippen LogP contribution in [0.4, 0.5) is 0 Å². The number of nitrogens with one attached hydrogen (secondary N) is 1. The maximum Gasteiger partial charge on any atom is 0.248 e. The van der Waals surface area contributed by atoms with E-state index in [0.717, 1.165) is 12.0 Å². The molecule has 0 fully saturated rings. The van der Waals surface area contributed by atoms with E-state index in [4.69, 9.17) is 0 Å². The van der Waals surface area contributed by atoms with Gasteiger partial charge in [-0.05, 0) is 36.3 Å². The van der Waals surface area contributed by atoms with Crippen LogP contribution in [0.5, 0.6) is 0 Å². The molecule has 0 aliphatic carbocycles. The molecule has 0 atom stereocenters. The van der Waals surface area contributed by atoms with Crippen molar-refractivity contribution in [1.82, 2.24) is 4.98 Å². The van der Waals surface area contributed by atoms with Gasteiger partial charge in [-0.3, -0.25) is 4.79 Å². The number of pyridine rings is 1. The first-order valence-corrected chi connectivity index (χ1v) is 5.65. The quantitative estimate of drug-likeness (QED) is 0.756. The summed E-state index contributed by atoms with van der Waals surface area (Å²) in [6, 6.07) is 3.68. The summed E-state index contributed by atoms with van der Waals surface area (Å²) in [6.07, 6.45) is 6.38. The van der Waals surface area contributed by atoms with Crippen molar-refractivity contribution in [1.29, 1.82) is 0 Å². The van der Waals surface area contributed by atoms with Gasteiger partial charge in [0.1, 0.15) is 0 Å². The predicted molar refractivity (Wildman–Crippen MR) is 64.1 cm³/mol. The Morgan fingerprint density at radius 3 is 2.60 bits per heavy atom. The number of aromatic amines is 1. The molecule has 0 saturated carbocycles. The molecule has 84 valence electrons. The van der Waals surface area contributed by atoms with Gasteiger partial charge < -0.3 is 4.98 Å². The Morgan fingerprint density at radius 1 is 1.27 bits per heavy atom. The van der Waals surface area contributed by atoms with Crippen LogP contribution in [0, 0.1) is 5.41 Å². The fraction of sp³-hybridized carbons (Fsp3) is 0.615. The highest BCUT2D eigenvalue weighted by Crippen LogP contribution is 2.21. The molecule has 1 N–H and O–H groups in total. The third-order valence-electron chi connectivity index (χ3n) is 2.48. The molecule has 15 heavy (non-hydrogen) atoms. The zero-order valence-corrected chi connectivity index (χ0v) is 9.97. The van der Waals surface area contributed by atoms with Gasteiger partial charge in [0.15, 0.2) is 0 Å². The lowest BCUT2D eigenvalue weighted by Crippen LogP contribution is -2.06. The van der Waals surface area contributed by atoms with Crippen molar-refractivity contribution in [3.8, 4) is 0 Å². The van der Waals surface area contributed by atoms with Crippen molar-refractivity contribution in [2.24, 2.45) is 5.41 Å². The van der Waals surface area contributed by atoms with Gasteiger partial charge in [0.25, 0.3) is 0 Å². The van der Waals surface area contributed by atoms with Gasteiger partial charge in [-0.2, -0.15) is 0 Å². The first kappa shape index (κ1) is 12.0. The molecule has 1 heterocycles. The van der Waals surface area contributed by atoms with Crippen molar-refractivity contribution < 1.29 is 0 Å². The third kappa shape index (κ3) is 5.40. The molecule has 2 nitrogen and oxygen atoms in total. The second-order valence-electron chi connectivity index (χ2n) is 5.33. The second-order valence-corrected chi connectivity index (χ2v) is 5.33. The Kier molecular flexibility index (Phi) is 4.13. The van der Waals surface area contributed by atoms with Crippen LogP contribution in [0.25, 0.3) is 0 Å². The molecule has 0 aliphatic heterocycles. The number of aromatic nitrogens is 1. The highest BCUT2D eigenvalue weighted by molar-refractivity contribution is 5.09. The van der Waals surface area contributed by atoms with E-state index in [1.165, 1.54) is 19.3 Å². The predicted octanol–water partition coefficient (Wildman–Crippen LogP) is 3.13. The summed E-state index contributed by atoms with van der Waals surface area (Å²) in [7, 11) is 0. The normalized spacial score (nSPS) is 11.7. The summed E-state index contributed by atoms with van der Waals surface area (Å²) in [5.41, 5.74) is 1.57.